The van der Waals surface area contributed by atoms with E-state index in [0.717, 1.165) is 29.1 Å². The van der Waals surface area contributed by atoms with Gasteiger partial charge in [-0.1, -0.05) is 11.3 Å². The second-order valence-corrected chi connectivity index (χ2v) is 8.26. The van der Waals surface area contributed by atoms with Crippen LogP contribution in [-0.2, 0) is 4.74 Å². The second kappa shape index (κ2) is 10.7. The van der Waals surface area contributed by atoms with Gasteiger partial charge in [0.2, 0.25) is 5.88 Å². The maximum atomic E-state index is 13.6. The van der Waals surface area contributed by atoms with Gasteiger partial charge in [0.15, 0.2) is 5.13 Å². The number of anilines is 1. The van der Waals surface area contributed by atoms with Crippen molar-refractivity contribution < 1.29 is 23.7 Å². The molecule has 0 aliphatic carbocycles. The lowest BCUT2D eigenvalue weighted by Crippen LogP contribution is -2.43. The number of hydrogen-bond donors (Lipinski definition) is 0. The number of methoxy groups -OCH3 is 2. The van der Waals surface area contributed by atoms with Gasteiger partial charge in [0.1, 0.15) is 11.4 Å². The monoisotopic (exact) mass is 473 g/mol. The molecule has 1 saturated heterocycles. The first kappa shape index (κ1) is 23.1. The highest BCUT2D eigenvalue weighted by atomic mass is 32.1. The van der Waals surface area contributed by atoms with Gasteiger partial charge in [-0.2, -0.15) is 9.97 Å². The molecule has 0 N–H and O–H groups in total. The lowest BCUT2D eigenvalue weighted by molar-refractivity contribution is 0.0391. The first-order chi connectivity index (χ1) is 16.1. The molecule has 1 amide bonds. The quantitative estimate of drug-likeness (QED) is 0.464. The van der Waals surface area contributed by atoms with E-state index in [1.54, 1.807) is 4.90 Å². The van der Waals surface area contributed by atoms with Crippen molar-refractivity contribution in [1.29, 1.82) is 0 Å². The molecule has 33 heavy (non-hydrogen) atoms. The van der Waals surface area contributed by atoms with E-state index in [1.807, 2.05) is 25.1 Å². The van der Waals surface area contributed by atoms with Gasteiger partial charge >= 0.3 is 6.01 Å². The summed E-state index contributed by atoms with van der Waals surface area (Å²) >= 11 is 1.44. The third kappa shape index (κ3) is 5.49. The summed E-state index contributed by atoms with van der Waals surface area (Å²) in [7, 11) is 2.93. The Morgan fingerprint density at radius 1 is 1.15 bits per heavy atom. The maximum absolute atomic E-state index is 13.6. The molecule has 0 unspecified atom stereocenters. The van der Waals surface area contributed by atoms with E-state index in [2.05, 4.69) is 14.9 Å². The Kier molecular flexibility index (Phi) is 7.53. The predicted molar refractivity (Wildman–Crippen MR) is 125 cm³/mol. The van der Waals surface area contributed by atoms with Gasteiger partial charge in [0.25, 0.3) is 5.91 Å². The molecular formula is C22H27N5O5S. The van der Waals surface area contributed by atoms with Crippen LogP contribution in [0.25, 0.3) is 10.2 Å². The number of carbonyl (C=O) groups is 1. The summed E-state index contributed by atoms with van der Waals surface area (Å²) in [5.74, 6) is 0.729. The van der Waals surface area contributed by atoms with Gasteiger partial charge in [0.05, 0.1) is 44.3 Å². The Balaban J connectivity index is 1.67. The number of aromatic nitrogens is 3. The summed E-state index contributed by atoms with van der Waals surface area (Å²) in [6.07, 6.45) is 0. The normalized spacial score (nSPS) is 14.3. The molecule has 11 heteroatoms. The highest BCUT2D eigenvalue weighted by Crippen LogP contribution is 2.32. The van der Waals surface area contributed by atoms with Crippen LogP contribution in [0.3, 0.4) is 0 Å². The molecule has 0 saturated carbocycles. The van der Waals surface area contributed by atoms with Crippen molar-refractivity contribution >= 4 is 32.6 Å². The summed E-state index contributed by atoms with van der Waals surface area (Å²) in [5, 5.41) is 0.591. The van der Waals surface area contributed by atoms with Gasteiger partial charge in [-0.3, -0.25) is 14.6 Å². The highest BCUT2D eigenvalue weighted by molar-refractivity contribution is 7.22. The van der Waals surface area contributed by atoms with Crippen LogP contribution in [0.4, 0.5) is 5.13 Å². The Morgan fingerprint density at radius 2 is 1.97 bits per heavy atom. The van der Waals surface area contributed by atoms with Crippen molar-refractivity contribution in [3.63, 3.8) is 0 Å². The number of thiazole rings is 1. The van der Waals surface area contributed by atoms with Crippen molar-refractivity contribution in [2.75, 3.05) is 65.1 Å². The van der Waals surface area contributed by atoms with Crippen LogP contribution in [0.5, 0.6) is 17.6 Å². The van der Waals surface area contributed by atoms with Crippen LogP contribution < -0.4 is 19.1 Å². The minimum atomic E-state index is -0.300. The molecule has 0 spiro atoms. The summed E-state index contributed by atoms with van der Waals surface area (Å²) in [6.45, 7) is 6.70. The number of benzene rings is 1. The standard InChI is InChI=1S/C22H27N5O5S/c1-4-32-15-5-6-16-18(13-15)33-22(24-16)27(8-7-26-9-11-31-12-10-26)20(28)17-14-19(29-2)25-21(23-17)30-3/h5-6,13-14H,4,7-12H2,1-3H3. The molecule has 0 atom stereocenters. The van der Waals surface area contributed by atoms with Gasteiger partial charge in [-0.25, -0.2) is 4.98 Å². The van der Waals surface area contributed by atoms with Gasteiger partial charge in [-0.05, 0) is 25.1 Å². The predicted octanol–water partition coefficient (Wildman–Crippen LogP) is 2.48. The van der Waals surface area contributed by atoms with Crippen molar-refractivity contribution in [3.8, 4) is 17.6 Å². The highest BCUT2D eigenvalue weighted by Gasteiger charge is 2.25. The molecule has 1 aromatic carbocycles. The van der Waals surface area contributed by atoms with E-state index < -0.39 is 0 Å². The molecule has 1 aliphatic rings. The van der Waals surface area contributed by atoms with E-state index in [4.69, 9.17) is 23.9 Å². The van der Waals surface area contributed by atoms with Crippen molar-refractivity contribution in [2.24, 2.45) is 0 Å². The Morgan fingerprint density at radius 3 is 2.70 bits per heavy atom. The van der Waals surface area contributed by atoms with Crippen LogP contribution in [0, 0.1) is 0 Å². The van der Waals surface area contributed by atoms with E-state index in [0.29, 0.717) is 38.0 Å². The number of amides is 1. The van der Waals surface area contributed by atoms with Crippen molar-refractivity contribution in [1.82, 2.24) is 19.9 Å². The zero-order chi connectivity index (χ0) is 23.2. The fraction of sp³-hybridized carbons (Fsp3) is 0.455. The summed E-state index contributed by atoms with van der Waals surface area (Å²) in [5.41, 5.74) is 0.982. The van der Waals surface area contributed by atoms with Gasteiger partial charge in [0, 0.05) is 32.2 Å². The molecule has 1 aliphatic heterocycles. The first-order valence-electron chi connectivity index (χ1n) is 10.7. The fourth-order valence-corrected chi connectivity index (χ4v) is 4.48. The summed E-state index contributed by atoms with van der Waals surface area (Å²) in [4.78, 5) is 30.6. The third-order valence-corrected chi connectivity index (χ3v) is 6.21. The number of rotatable bonds is 9. The maximum Gasteiger partial charge on any atom is 0.320 e. The number of morpholine rings is 1. The first-order valence-corrected chi connectivity index (χ1v) is 11.6. The third-order valence-electron chi connectivity index (χ3n) is 5.17. The number of fused-ring (bicyclic) bond motifs is 1. The Bertz CT molecular complexity index is 1080. The molecule has 10 nitrogen and oxygen atoms in total. The van der Waals surface area contributed by atoms with Crippen LogP contribution >= 0.6 is 11.3 Å². The minimum absolute atomic E-state index is 0.0662. The molecule has 1 fully saturated rings. The molecule has 3 aromatic rings. The van der Waals surface area contributed by atoms with E-state index in [1.165, 1.54) is 31.6 Å². The van der Waals surface area contributed by atoms with Crippen molar-refractivity contribution in [2.45, 2.75) is 6.92 Å². The van der Waals surface area contributed by atoms with E-state index >= 15 is 0 Å². The molecule has 176 valence electrons. The second-order valence-electron chi connectivity index (χ2n) is 7.25. The molecule has 2 aromatic heterocycles. The van der Waals surface area contributed by atoms with E-state index in [-0.39, 0.29) is 23.5 Å². The number of hydrogen-bond acceptors (Lipinski definition) is 10. The number of nitrogens with zero attached hydrogens (tertiary/aromatic N) is 5. The smallest absolute Gasteiger partial charge is 0.320 e. The Labute approximate surface area is 196 Å². The molecule has 0 bridgehead atoms. The van der Waals surface area contributed by atoms with Crippen LogP contribution in [0.1, 0.15) is 17.4 Å². The van der Waals surface area contributed by atoms with Crippen LogP contribution in [-0.4, -0.2) is 86.0 Å². The zero-order valence-corrected chi connectivity index (χ0v) is 19.8. The summed E-state index contributed by atoms with van der Waals surface area (Å²) in [6, 6.07) is 7.31. The topological polar surface area (TPSA) is 99.1 Å². The molecule has 4 rings (SSSR count). The minimum Gasteiger partial charge on any atom is -0.494 e. The molecule has 3 heterocycles. The lowest BCUT2D eigenvalue weighted by Gasteiger charge is -2.29. The fourth-order valence-electron chi connectivity index (χ4n) is 3.46. The SMILES string of the molecule is CCOc1ccc2nc(N(CCN3CCOCC3)C(=O)c3cc(OC)nc(OC)n3)sc2c1. The summed E-state index contributed by atoms with van der Waals surface area (Å²) < 4.78 is 22.4. The molecular weight excluding hydrogens is 446 g/mol. The van der Waals surface area contributed by atoms with Crippen LogP contribution in [0.2, 0.25) is 0 Å². The van der Waals surface area contributed by atoms with Crippen LogP contribution in [0.15, 0.2) is 24.3 Å². The zero-order valence-electron chi connectivity index (χ0n) is 18.9. The molecule has 0 radical (unpaired) electrons. The largest absolute Gasteiger partial charge is 0.494 e. The van der Waals surface area contributed by atoms with Gasteiger partial charge in [-0.15, -0.1) is 0 Å². The number of ether oxygens (including phenoxy) is 4. The average molecular weight is 474 g/mol. The lowest BCUT2D eigenvalue weighted by atomic mass is 10.3. The van der Waals surface area contributed by atoms with E-state index in [9.17, 15) is 4.79 Å². The Hall–Kier alpha value is -3.02. The number of carbonyl (C=O) groups excluding carboxylic acids is 1. The average Bonchev–Trinajstić information content (AvgIpc) is 3.27. The van der Waals surface area contributed by atoms with Gasteiger partial charge < -0.3 is 18.9 Å². The van der Waals surface area contributed by atoms with Crippen molar-refractivity contribution in [3.05, 3.63) is 30.0 Å².